The van der Waals surface area contributed by atoms with Crippen molar-refractivity contribution in [1.29, 1.82) is 0 Å². The van der Waals surface area contributed by atoms with E-state index >= 15 is 0 Å². The topological polar surface area (TPSA) is 79.3 Å². The molecule has 0 aliphatic carbocycles. The standard InChI is InChI=1S/C19H18FN5O2S/c20-16-3-5-17(6-4-16)28(26,27)25-12-10-24(11-13-25)19-8-7-18(22-23-19)15-2-1-9-21-14-15/h1-9,14H,10-13H2. The second-order valence-electron chi connectivity index (χ2n) is 6.36. The summed E-state index contributed by atoms with van der Waals surface area (Å²) in [4.78, 5) is 6.17. The lowest BCUT2D eigenvalue weighted by Gasteiger charge is -2.34. The van der Waals surface area contributed by atoms with Gasteiger partial charge in [0.25, 0.3) is 0 Å². The van der Waals surface area contributed by atoms with Gasteiger partial charge >= 0.3 is 0 Å². The van der Waals surface area contributed by atoms with Gasteiger partial charge in [-0.05, 0) is 48.5 Å². The number of pyridine rings is 1. The van der Waals surface area contributed by atoms with Crippen LogP contribution in [0, 0.1) is 5.82 Å². The summed E-state index contributed by atoms with van der Waals surface area (Å²) in [6.45, 7) is 1.65. The molecule has 0 N–H and O–H groups in total. The molecule has 3 aromatic rings. The summed E-state index contributed by atoms with van der Waals surface area (Å²) >= 11 is 0. The molecule has 0 unspecified atom stereocenters. The van der Waals surface area contributed by atoms with Crippen LogP contribution in [-0.4, -0.2) is 54.1 Å². The number of hydrogen-bond donors (Lipinski definition) is 0. The minimum atomic E-state index is -3.63. The van der Waals surface area contributed by atoms with E-state index in [0.717, 1.165) is 23.4 Å². The van der Waals surface area contributed by atoms with Crippen molar-refractivity contribution in [3.63, 3.8) is 0 Å². The van der Waals surface area contributed by atoms with Gasteiger partial charge in [0.1, 0.15) is 5.82 Å². The highest BCUT2D eigenvalue weighted by molar-refractivity contribution is 7.89. The number of sulfonamides is 1. The van der Waals surface area contributed by atoms with Crippen LogP contribution in [0.25, 0.3) is 11.3 Å². The van der Waals surface area contributed by atoms with Crippen LogP contribution in [0.1, 0.15) is 0 Å². The lowest BCUT2D eigenvalue weighted by molar-refractivity contribution is 0.383. The molecule has 0 radical (unpaired) electrons. The van der Waals surface area contributed by atoms with Gasteiger partial charge in [0.2, 0.25) is 10.0 Å². The Bertz CT molecular complexity index is 1040. The zero-order chi connectivity index (χ0) is 19.6. The fourth-order valence-electron chi connectivity index (χ4n) is 3.08. The van der Waals surface area contributed by atoms with E-state index in [1.807, 2.05) is 29.2 Å². The zero-order valence-electron chi connectivity index (χ0n) is 14.9. The van der Waals surface area contributed by atoms with Crippen LogP contribution >= 0.6 is 0 Å². The predicted molar refractivity (Wildman–Crippen MR) is 103 cm³/mol. The molecule has 1 aliphatic heterocycles. The first-order valence-electron chi connectivity index (χ1n) is 8.79. The van der Waals surface area contributed by atoms with Crippen molar-refractivity contribution in [3.8, 4) is 11.3 Å². The highest BCUT2D eigenvalue weighted by atomic mass is 32.2. The Morgan fingerprint density at radius 1 is 0.893 bits per heavy atom. The number of piperazine rings is 1. The van der Waals surface area contributed by atoms with Gasteiger partial charge in [-0.2, -0.15) is 4.31 Å². The Morgan fingerprint density at radius 3 is 2.25 bits per heavy atom. The first kappa shape index (κ1) is 18.5. The van der Waals surface area contributed by atoms with Crippen LogP contribution in [0.15, 0.2) is 65.8 Å². The van der Waals surface area contributed by atoms with Gasteiger partial charge in [0.15, 0.2) is 5.82 Å². The normalized spacial score (nSPS) is 15.5. The van der Waals surface area contributed by atoms with Crippen molar-refractivity contribution >= 4 is 15.8 Å². The van der Waals surface area contributed by atoms with E-state index in [1.54, 1.807) is 12.4 Å². The average Bonchev–Trinajstić information content (AvgIpc) is 2.75. The van der Waals surface area contributed by atoms with Crippen LogP contribution in [0.5, 0.6) is 0 Å². The monoisotopic (exact) mass is 399 g/mol. The van der Waals surface area contributed by atoms with Crippen LogP contribution in [0.4, 0.5) is 10.2 Å². The molecule has 28 heavy (non-hydrogen) atoms. The van der Waals surface area contributed by atoms with Crippen molar-refractivity contribution in [2.75, 3.05) is 31.1 Å². The van der Waals surface area contributed by atoms with E-state index in [1.165, 1.54) is 16.4 Å². The molecule has 2 aromatic heterocycles. The number of hydrogen-bond acceptors (Lipinski definition) is 6. The molecule has 0 saturated carbocycles. The zero-order valence-corrected chi connectivity index (χ0v) is 15.8. The van der Waals surface area contributed by atoms with E-state index in [2.05, 4.69) is 15.2 Å². The molecule has 1 aromatic carbocycles. The molecule has 1 fully saturated rings. The summed E-state index contributed by atoms with van der Waals surface area (Å²) in [5, 5.41) is 8.52. The van der Waals surface area contributed by atoms with Gasteiger partial charge in [-0.15, -0.1) is 10.2 Å². The summed E-state index contributed by atoms with van der Waals surface area (Å²) in [5.74, 6) is 0.239. The van der Waals surface area contributed by atoms with Crippen LogP contribution in [0.3, 0.4) is 0 Å². The van der Waals surface area contributed by atoms with E-state index < -0.39 is 15.8 Å². The molecule has 1 aliphatic rings. The molecular formula is C19H18FN5O2S. The Balaban J connectivity index is 1.43. The molecule has 9 heteroatoms. The number of anilines is 1. The van der Waals surface area contributed by atoms with Crippen molar-refractivity contribution in [3.05, 3.63) is 66.7 Å². The second kappa shape index (κ2) is 7.61. The molecule has 0 bridgehead atoms. The first-order chi connectivity index (χ1) is 13.5. The van der Waals surface area contributed by atoms with Gasteiger partial charge in [-0.25, -0.2) is 12.8 Å². The SMILES string of the molecule is O=S(=O)(c1ccc(F)cc1)N1CCN(c2ccc(-c3cccnc3)nn2)CC1. The molecular weight excluding hydrogens is 381 g/mol. The molecule has 3 heterocycles. The quantitative estimate of drug-likeness (QED) is 0.669. The number of benzene rings is 1. The molecule has 0 spiro atoms. The molecule has 0 amide bonds. The van der Waals surface area contributed by atoms with Crippen molar-refractivity contribution in [2.24, 2.45) is 0 Å². The minimum Gasteiger partial charge on any atom is -0.352 e. The summed E-state index contributed by atoms with van der Waals surface area (Å²) in [6, 6.07) is 12.4. The Hall–Kier alpha value is -2.91. The van der Waals surface area contributed by atoms with Crippen molar-refractivity contribution < 1.29 is 12.8 Å². The van der Waals surface area contributed by atoms with E-state index in [0.29, 0.717) is 32.0 Å². The lowest BCUT2D eigenvalue weighted by Crippen LogP contribution is -2.49. The predicted octanol–water partition coefficient (Wildman–Crippen LogP) is 2.19. The first-order valence-corrected chi connectivity index (χ1v) is 10.2. The summed E-state index contributed by atoms with van der Waals surface area (Å²) in [6.07, 6.45) is 3.42. The van der Waals surface area contributed by atoms with E-state index in [9.17, 15) is 12.8 Å². The minimum absolute atomic E-state index is 0.1000. The van der Waals surface area contributed by atoms with Gasteiger partial charge in [0, 0.05) is 44.1 Å². The Kier molecular flexibility index (Phi) is 5.01. The average molecular weight is 399 g/mol. The third-order valence-electron chi connectivity index (χ3n) is 4.62. The number of rotatable bonds is 4. The maximum Gasteiger partial charge on any atom is 0.243 e. The van der Waals surface area contributed by atoms with E-state index in [-0.39, 0.29) is 4.90 Å². The van der Waals surface area contributed by atoms with Gasteiger partial charge in [-0.3, -0.25) is 4.98 Å². The fourth-order valence-corrected chi connectivity index (χ4v) is 4.50. The summed E-state index contributed by atoms with van der Waals surface area (Å²) in [7, 11) is -3.63. The Labute approximate surface area is 162 Å². The molecule has 144 valence electrons. The number of aromatic nitrogens is 3. The lowest BCUT2D eigenvalue weighted by atomic mass is 10.2. The highest BCUT2D eigenvalue weighted by Crippen LogP contribution is 2.21. The summed E-state index contributed by atoms with van der Waals surface area (Å²) in [5.41, 5.74) is 1.62. The maximum atomic E-state index is 13.1. The second-order valence-corrected chi connectivity index (χ2v) is 8.30. The fraction of sp³-hybridized carbons (Fsp3) is 0.211. The maximum absolute atomic E-state index is 13.1. The molecule has 0 atom stereocenters. The van der Waals surface area contributed by atoms with E-state index in [4.69, 9.17) is 0 Å². The smallest absolute Gasteiger partial charge is 0.243 e. The number of halogens is 1. The number of nitrogens with zero attached hydrogens (tertiary/aromatic N) is 5. The highest BCUT2D eigenvalue weighted by Gasteiger charge is 2.29. The van der Waals surface area contributed by atoms with Gasteiger partial charge < -0.3 is 4.90 Å². The summed E-state index contributed by atoms with van der Waals surface area (Å²) < 4.78 is 39.9. The van der Waals surface area contributed by atoms with Crippen LogP contribution in [0.2, 0.25) is 0 Å². The Morgan fingerprint density at radius 2 is 1.64 bits per heavy atom. The third-order valence-corrected chi connectivity index (χ3v) is 6.53. The van der Waals surface area contributed by atoms with Gasteiger partial charge in [0.05, 0.1) is 10.6 Å². The van der Waals surface area contributed by atoms with Crippen molar-refractivity contribution in [2.45, 2.75) is 4.90 Å². The molecule has 1 saturated heterocycles. The van der Waals surface area contributed by atoms with Crippen LogP contribution < -0.4 is 4.90 Å². The van der Waals surface area contributed by atoms with Crippen molar-refractivity contribution in [1.82, 2.24) is 19.5 Å². The van der Waals surface area contributed by atoms with Gasteiger partial charge in [-0.1, -0.05) is 0 Å². The molecule has 7 nitrogen and oxygen atoms in total. The third kappa shape index (κ3) is 3.71. The largest absolute Gasteiger partial charge is 0.352 e. The molecule has 4 rings (SSSR count). The van der Waals surface area contributed by atoms with Crippen LogP contribution in [-0.2, 0) is 10.0 Å².